The lowest BCUT2D eigenvalue weighted by atomic mass is 9.99. The number of benzene rings is 2. The number of amides is 1. The molecule has 3 rings (SSSR count). The first-order valence-corrected chi connectivity index (χ1v) is 9.99. The van der Waals surface area contributed by atoms with Gasteiger partial charge in [0.15, 0.2) is 5.82 Å². The first-order valence-electron chi connectivity index (χ1n) is 9.99. The summed E-state index contributed by atoms with van der Waals surface area (Å²) < 4.78 is 16.3. The summed E-state index contributed by atoms with van der Waals surface area (Å²) in [6, 6.07) is 9.45. The van der Waals surface area contributed by atoms with Gasteiger partial charge in [-0.2, -0.15) is 4.68 Å². The quantitative estimate of drug-likeness (QED) is 0.603. The number of aliphatic hydroxyl groups excluding tert-OH is 1. The van der Waals surface area contributed by atoms with E-state index in [1.165, 1.54) is 6.07 Å². The van der Waals surface area contributed by atoms with Gasteiger partial charge >= 0.3 is 0 Å². The van der Waals surface area contributed by atoms with Crippen molar-refractivity contribution in [2.24, 2.45) is 0 Å². The molecule has 3 aromatic rings. The molecule has 0 aliphatic carbocycles. The third-order valence-corrected chi connectivity index (χ3v) is 5.15. The van der Waals surface area contributed by atoms with Gasteiger partial charge in [-0.3, -0.25) is 9.69 Å². The molecule has 9 heteroatoms. The van der Waals surface area contributed by atoms with Gasteiger partial charge in [0, 0.05) is 17.2 Å². The van der Waals surface area contributed by atoms with Gasteiger partial charge in [0.1, 0.15) is 5.82 Å². The zero-order chi connectivity index (χ0) is 22.7. The number of halogens is 1. The Morgan fingerprint density at radius 2 is 1.97 bits per heavy atom. The van der Waals surface area contributed by atoms with Crippen molar-refractivity contribution >= 4 is 5.91 Å². The van der Waals surface area contributed by atoms with Crippen LogP contribution in [-0.2, 0) is 0 Å². The topological polar surface area (TPSA) is 96.2 Å². The van der Waals surface area contributed by atoms with Gasteiger partial charge in [-0.05, 0) is 80.7 Å². The zero-order valence-electron chi connectivity index (χ0n) is 18.3. The average Bonchev–Trinajstić information content (AvgIpc) is 3.22. The number of carbonyl (C=O) groups is 1. The number of tetrazole rings is 1. The van der Waals surface area contributed by atoms with Crippen LogP contribution in [0.15, 0.2) is 36.4 Å². The summed E-state index contributed by atoms with van der Waals surface area (Å²) in [5.41, 5.74) is 2.54. The van der Waals surface area contributed by atoms with E-state index in [0.29, 0.717) is 28.2 Å². The minimum atomic E-state index is -0.423. The maximum absolute atomic E-state index is 14.7. The Bertz CT molecular complexity index is 1080. The van der Waals surface area contributed by atoms with Crippen LogP contribution >= 0.6 is 0 Å². The molecule has 31 heavy (non-hydrogen) atoms. The van der Waals surface area contributed by atoms with Crippen LogP contribution in [0.4, 0.5) is 4.39 Å². The predicted molar refractivity (Wildman–Crippen MR) is 115 cm³/mol. The molecular weight excluding hydrogens is 399 g/mol. The van der Waals surface area contributed by atoms with E-state index in [1.54, 1.807) is 35.9 Å². The molecule has 2 aromatic carbocycles. The largest absolute Gasteiger partial charge is 0.394 e. The van der Waals surface area contributed by atoms with E-state index in [0.717, 1.165) is 5.56 Å². The molecule has 2 atom stereocenters. The molecule has 0 saturated heterocycles. The second-order valence-corrected chi connectivity index (χ2v) is 7.90. The SMILES string of the molecule is Cc1ccc(-c2cc(C(=O)N[C@@H](C)CO)cc(-n3nnnc3C(C)N(C)C)c2)c(F)c1. The summed E-state index contributed by atoms with van der Waals surface area (Å²) in [6.07, 6.45) is 0. The Morgan fingerprint density at radius 3 is 2.61 bits per heavy atom. The molecule has 0 radical (unpaired) electrons. The number of nitrogens with zero attached hydrogens (tertiary/aromatic N) is 5. The number of aromatic nitrogens is 4. The average molecular weight is 426 g/mol. The summed E-state index contributed by atoms with van der Waals surface area (Å²) in [5.74, 6) is -0.181. The molecule has 2 N–H and O–H groups in total. The van der Waals surface area contributed by atoms with Crippen LogP contribution in [0.1, 0.15) is 41.6 Å². The highest BCUT2D eigenvalue weighted by atomic mass is 19.1. The molecule has 0 aliphatic rings. The smallest absolute Gasteiger partial charge is 0.251 e. The van der Waals surface area contributed by atoms with Gasteiger partial charge in [-0.1, -0.05) is 12.1 Å². The van der Waals surface area contributed by atoms with Crippen LogP contribution in [0, 0.1) is 12.7 Å². The van der Waals surface area contributed by atoms with Gasteiger partial charge < -0.3 is 10.4 Å². The molecule has 0 saturated carbocycles. The van der Waals surface area contributed by atoms with Crippen molar-refractivity contribution < 1.29 is 14.3 Å². The van der Waals surface area contributed by atoms with Crippen molar-refractivity contribution in [3.63, 3.8) is 0 Å². The van der Waals surface area contributed by atoms with Gasteiger partial charge in [-0.15, -0.1) is 5.10 Å². The van der Waals surface area contributed by atoms with Crippen LogP contribution in [0.2, 0.25) is 0 Å². The fourth-order valence-corrected chi connectivity index (χ4v) is 3.10. The maximum Gasteiger partial charge on any atom is 0.251 e. The summed E-state index contributed by atoms with van der Waals surface area (Å²) >= 11 is 0. The highest BCUT2D eigenvalue weighted by Crippen LogP contribution is 2.28. The van der Waals surface area contributed by atoms with Crippen molar-refractivity contribution in [3.8, 4) is 16.8 Å². The minimum Gasteiger partial charge on any atom is -0.394 e. The predicted octanol–water partition coefficient (Wildman–Crippen LogP) is 2.51. The third-order valence-electron chi connectivity index (χ3n) is 5.15. The number of nitrogens with one attached hydrogen (secondary N) is 1. The molecule has 8 nitrogen and oxygen atoms in total. The summed E-state index contributed by atoms with van der Waals surface area (Å²) in [5, 5.41) is 24.0. The Hall–Kier alpha value is -3.17. The van der Waals surface area contributed by atoms with E-state index < -0.39 is 6.04 Å². The van der Waals surface area contributed by atoms with Crippen molar-refractivity contribution in [2.75, 3.05) is 20.7 Å². The second kappa shape index (κ2) is 9.32. The highest BCUT2D eigenvalue weighted by Gasteiger charge is 2.20. The van der Waals surface area contributed by atoms with E-state index in [1.807, 2.05) is 38.9 Å². The summed E-state index contributed by atoms with van der Waals surface area (Å²) in [7, 11) is 3.83. The van der Waals surface area contributed by atoms with Gasteiger partial charge in [0.05, 0.1) is 18.3 Å². The molecule has 0 bridgehead atoms. The lowest BCUT2D eigenvalue weighted by Gasteiger charge is -2.19. The monoisotopic (exact) mass is 426 g/mol. The molecule has 1 heterocycles. The number of aryl methyl sites for hydroxylation is 1. The second-order valence-electron chi connectivity index (χ2n) is 7.90. The fourth-order valence-electron chi connectivity index (χ4n) is 3.10. The van der Waals surface area contributed by atoms with Crippen molar-refractivity contribution in [1.29, 1.82) is 0 Å². The standard InChI is InChI=1S/C22H27FN6O2/c1-13-6-7-19(20(23)8-13)16-9-17(22(31)24-14(2)12-30)11-18(10-16)29-21(25-26-27-29)15(3)28(4)5/h6-11,14-15,30H,12H2,1-5H3,(H,24,31)/t14-,15?/m0/s1. The summed E-state index contributed by atoms with van der Waals surface area (Å²) in [6.45, 7) is 5.28. The number of aliphatic hydroxyl groups is 1. The van der Waals surface area contributed by atoms with Crippen molar-refractivity contribution in [1.82, 2.24) is 30.4 Å². The number of hydrogen-bond acceptors (Lipinski definition) is 6. The van der Waals surface area contributed by atoms with Crippen LogP contribution in [0.3, 0.4) is 0 Å². The first-order chi connectivity index (χ1) is 14.7. The molecular formula is C22H27FN6O2. The number of hydrogen-bond donors (Lipinski definition) is 2. The molecule has 0 fully saturated rings. The molecule has 0 aliphatic heterocycles. The van der Waals surface area contributed by atoms with E-state index >= 15 is 0 Å². The molecule has 1 aromatic heterocycles. The Morgan fingerprint density at radius 1 is 1.23 bits per heavy atom. The van der Waals surface area contributed by atoms with Crippen LogP contribution in [0.5, 0.6) is 0 Å². The molecule has 164 valence electrons. The minimum absolute atomic E-state index is 0.0959. The van der Waals surface area contributed by atoms with Crippen LogP contribution in [0.25, 0.3) is 16.8 Å². The van der Waals surface area contributed by atoms with E-state index in [4.69, 9.17) is 0 Å². The lowest BCUT2D eigenvalue weighted by molar-refractivity contribution is 0.0922. The third kappa shape index (κ3) is 4.95. The Kier molecular flexibility index (Phi) is 6.77. The zero-order valence-corrected chi connectivity index (χ0v) is 18.3. The van der Waals surface area contributed by atoms with Crippen molar-refractivity contribution in [2.45, 2.75) is 32.9 Å². The van der Waals surface area contributed by atoms with Crippen LogP contribution < -0.4 is 5.32 Å². The van der Waals surface area contributed by atoms with Gasteiger partial charge in [-0.25, -0.2) is 4.39 Å². The maximum atomic E-state index is 14.7. The fraction of sp³-hybridized carbons (Fsp3) is 0.364. The Labute approximate surface area is 180 Å². The molecule has 1 amide bonds. The number of carbonyl (C=O) groups excluding carboxylic acids is 1. The lowest BCUT2D eigenvalue weighted by Crippen LogP contribution is -2.35. The molecule has 1 unspecified atom stereocenters. The highest BCUT2D eigenvalue weighted by molar-refractivity contribution is 5.96. The molecule has 0 spiro atoms. The van der Waals surface area contributed by atoms with Gasteiger partial charge in [0.2, 0.25) is 0 Å². The van der Waals surface area contributed by atoms with Gasteiger partial charge in [0.25, 0.3) is 5.91 Å². The van der Waals surface area contributed by atoms with E-state index in [-0.39, 0.29) is 24.4 Å². The van der Waals surface area contributed by atoms with E-state index in [9.17, 15) is 14.3 Å². The Balaban J connectivity index is 2.17. The summed E-state index contributed by atoms with van der Waals surface area (Å²) in [4.78, 5) is 14.8. The van der Waals surface area contributed by atoms with Crippen LogP contribution in [-0.4, -0.2) is 62.9 Å². The van der Waals surface area contributed by atoms with Crippen molar-refractivity contribution in [3.05, 3.63) is 59.2 Å². The normalized spacial score (nSPS) is 13.3. The number of rotatable bonds is 7. The first kappa shape index (κ1) is 22.5. The van der Waals surface area contributed by atoms with E-state index in [2.05, 4.69) is 20.8 Å².